The predicted octanol–water partition coefficient (Wildman–Crippen LogP) is 4.86. The van der Waals surface area contributed by atoms with Crippen LogP contribution in [0, 0.1) is 0 Å². The molecule has 0 amide bonds. The zero-order valence-corrected chi connectivity index (χ0v) is 33.2. The number of rotatable bonds is 14. The fraction of sp³-hybridized carbons (Fsp3) is 0.261. The number of thioether (sulfide) groups is 1. The second-order valence-corrected chi connectivity index (χ2v) is 15.2. The number of hydrogen-bond donors (Lipinski definition) is 3. The number of benzene rings is 5. The minimum absolute atomic E-state index is 0.105. The van der Waals surface area contributed by atoms with Gasteiger partial charge in [-0.25, -0.2) is 19.2 Å². The van der Waals surface area contributed by atoms with Gasteiger partial charge in [0.2, 0.25) is 0 Å². The third kappa shape index (κ3) is 10.9. The van der Waals surface area contributed by atoms with Crippen molar-refractivity contribution in [2.24, 2.45) is 0 Å². The summed E-state index contributed by atoms with van der Waals surface area (Å²) in [7, 11) is 0. The number of carbonyl (C=O) groups excluding carboxylic acids is 4. The quantitative estimate of drug-likeness (QED) is 0.101. The van der Waals surface area contributed by atoms with Crippen LogP contribution in [0.5, 0.6) is 0 Å². The van der Waals surface area contributed by atoms with Crippen molar-refractivity contribution in [2.45, 2.75) is 65.5 Å². The van der Waals surface area contributed by atoms with Crippen molar-refractivity contribution in [2.75, 3.05) is 13.2 Å². The van der Waals surface area contributed by atoms with Crippen LogP contribution in [0.25, 0.3) is 0 Å². The van der Waals surface area contributed by atoms with Crippen LogP contribution >= 0.6 is 11.8 Å². The fourth-order valence-corrected chi connectivity index (χ4v) is 7.72. The molecule has 15 heteroatoms. The van der Waals surface area contributed by atoms with Crippen molar-refractivity contribution >= 4 is 35.6 Å². The third-order valence-electron chi connectivity index (χ3n) is 9.83. The summed E-state index contributed by atoms with van der Waals surface area (Å²) < 4.78 is 42.6. The van der Waals surface area contributed by atoms with E-state index in [1.54, 1.807) is 97.1 Å². The smallest absolute Gasteiger partial charge is 0.338 e. The molecule has 316 valence electrons. The highest BCUT2D eigenvalue weighted by Crippen LogP contribution is 2.35. The van der Waals surface area contributed by atoms with E-state index in [2.05, 4.69) is 0 Å². The van der Waals surface area contributed by atoms with E-state index in [0.29, 0.717) is 4.90 Å². The van der Waals surface area contributed by atoms with E-state index in [9.17, 15) is 34.5 Å². The zero-order valence-electron chi connectivity index (χ0n) is 32.4. The molecule has 10 atom stereocenters. The lowest BCUT2D eigenvalue weighted by molar-refractivity contribution is -0.309. The van der Waals surface area contributed by atoms with Gasteiger partial charge in [-0.2, -0.15) is 0 Å². The summed E-state index contributed by atoms with van der Waals surface area (Å²) in [4.78, 5) is 55.5. The van der Waals surface area contributed by atoms with E-state index in [1.165, 1.54) is 48.5 Å². The Kier molecular flexibility index (Phi) is 14.6. The number of hydrogen-bond acceptors (Lipinski definition) is 15. The first-order valence-corrected chi connectivity index (χ1v) is 20.2. The summed E-state index contributed by atoms with van der Waals surface area (Å²) in [5.74, 6) is -3.40. The van der Waals surface area contributed by atoms with Crippen molar-refractivity contribution in [1.82, 2.24) is 0 Å². The number of esters is 4. The van der Waals surface area contributed by atoms with E-state index in [1.807, 2.05) is 6.07 Å². The van der Waals surface area contributed by atoms with E-state index in [-0.39, 0.29) is 22.3 Å². The van der Waals surface area contributed by atoms with E-state index >= 15 is 0 Å². The summed E-state index contributed by atoms with van der Waals surface area (Å²) in [6, 6.07) is 40.8. The van der Waals surface area contributed by atoms with Gasteiger partial charge in [0.15, 0.2) is 24.6 Å². The maximum atomic E-state index is 13.9. The van der Waals surface area contributed by atoms with E-state index < -0.39 is 97.6 Å². The Labute approximate surface area is 354 Å². The van der Waals surface area contributed by atoms with Crippen LogP contribution in [0.1, 0.15) is 41.4 Å². The van der Waals surface area contributed by atoms with Gasteiger partial charge in [0.05, 0.1) is 28.9 Å². The molecule has 0 aliphatic carbocycles. The first-order valence-electron chi connectivity index (χ1n) is 19.3. The largest absolute Gasteiger partial charge is 0.459 e. The van der Waals surface area contributed by atoms with Crippen LogP contribution in [0.15, 0.2) is 157 Å². The highest BCUT2D eigenvalue weighted by atomic mass is 32.2. The Bertz CT molecular complexity index is 2200. The van der Waals surface area contributed by atoms with E-state index in [0.717, 1.165) is 11.8 Å². The molecule has 5 aromatic carbocycles. The average molecular weight is 851 g/mol. The Morgan fingerprint density at radius 3 is 1.38 bits per heavy atom. The van der Waals surface area contributed by atoms with Gasteiger partial charge < -0.3 is 48.5 Å². The van der Waals surface area contributed by atoms with Crippen LogP contribution in [0.2, 0.25) is 0 Å². The van der Waals surface area contributed by atoms with Crippen LogP contribution in [-0.4, -0.2) is 113 Å². The van der Waals surface area contributed by atoms with Gasteiger partial charge in [0.1, 0.15) is 42.6 Å². The molecule has 2 aliphatic heterocycles. The molecule has 0 unspecified atom stereocenters. The number of carbonyl (C=O) groups is 4. The predicted molar refractivity (Wildman–Crippen MR) is 217 cm³/mol. The Morgan fingerprint density at radius 1 is 0.459 bits per heavy atom. The average Bonchev–Trinajstić information content (AvgIpc) is 3.31. The fourth-order valence-electron chi connectivity index (χ4n) is 6.64. The second kappa shape index (κ2) is 20.6. The van der Waals surface area contributed by atoms with Crippen molar-refractivity contribution in [1.29, 1.82) is 0 Å². The standard InChI is InChI=1S/C46H42O14S/c47-35-33(57-46(37(49)36(35)48)61-32-24-14-5-15-25-32)26-55-45-40(60-44(53)31-22-12-4-13-23-31)39(59-43(52)30-20-10-3-11-21-30)38(58-42(51)29-18-8-2-9-19-29)34(56-45)27-54-41(50)28-16-6-1-7-17-28/h1-25,33-40,45-49H,26-27H2/t33-,34-,35-,36+,37-,38-,39+,40+,45+,46+/m1/s1. The molecule has 2 heterocycles. The molecular weight excluding hydrogens is 809 g/mol. The molecule has 14 nitrogen and oxygen atoms in total. The summed E-state index contributed by atoms with van der Waals surface area (Å²) in [5.41, 5.74) is -0.514. The number of aliphatic hydroxyl groups excluding tert-OH is 3. The zero-order chi connectivity index (χ0) is 42.7. The molecule has 0 aromatic heterocycles. The Hall–Kier alpha value is -5.91. The lowest BCUT2D eigenvalue weighted by atomic mass is 9.97. The topological polar surface area (TPSA) is 194 Å². The molecule has 2 saturated heterocycles. The summed E-state index contributed by atoms with van der Waals surface area (Å²) in [6.45, 7) is -1.12. The SMILES string of the molecule is O=C(OC[C@H]1O[C@H](OC[C@H]2O[C@@H](Sc3ccccc3)[C@H](O)[C@@H](O)[C@@H]2O)[C@@H](OC(=O)c2ccccc2)[C@@H](OC(=O)c2ccccc2)[C@@H]1OC(=O)c1ccccc1)c1ccccc1. The third-order valence-corrected chi connectivity index (χ3v) is 11.0. The molecule has 7 rings (SSSR count). The maximum Gasteiger partial charge on any atom is 0.338 e. The maximum absolute atomic E-state index is 13.9. The van der Waals surface area contributed by atoms with Crippen LogP contribution < -0.4 is 0 Å². The number of ether oxygens (including phenoxy) is 7. The summed E-state index contributed by atoms with van der Waals surface area (Å²) in [5, 5.41) is 32.9. The highest BCUT2D eigenvalue weighted by Gasteiger charge is 2.54. The summed E-state index contributed by atoms with van der Waals surface area (Å²) in [6.07, 6.45) is -14.2. The monoisotopic (exact) mass is 850 g/mol. The first kappa shape index (κ1) is 43.2. The molecule has 2 aliphatic rings. The van der Waals surface area contributed by atoms with Crippen LogP contribution in [0.3, 0.4) is 0 Å². The van der Waals surface area contributed by atoms with Crippen LogP contribution in [0.4, 0.5) is 0 Å². The van der Waals surface area contributed by atoms with Crippen LogP contribution in [-0.2, 0) is 33.2 Å². The number of aliphatic hydroxyl groups is 3. The van der Waals surface area contributed by atoms with Crippen molar-refractivity contribution in [3.63, 3.8) is 0 Å². The minimum atomic E-state index is -1.69. The molecule has 61 heavy (non-hydrogen) atoms. The second-order valence-electron chi connectivity index (χ2n) is 14.0. The Morgan fingerprint density at radius 2 is 0.885 bits per heavy atom. The van der Waals surface area contributed by atoms with Gasteiger partial charge >= 0.3 is 23.9 Å². The molecule has 0 radical (unpaired) electrons. The van der Waals surface area contributed by atoms with E-state index in [4.69, 9.17) is 33.2 Å². The molecular formula is C46H42O14S. The minimum Gasteiger partial charge on any atom is -0.459 e. The normalized spacial score (nSPS) is 26.0. The van der Waals surface area contributed by atoms with Gasteiger partial charge in [-0.15, -0.1) is 0 Å². The lowest BCUT2D eigenvalue weighted by Gasteiger charge is -2.45. The van der Waals surface area contributed by atoms with Crippen molar-refractivity contribution < 1.29 is 67.7 Å². The molecule has 0 bridgehead atoms. The van der Waals surface area contributed by atoms with Crippen molar-refractivity contribution in [3.05, 3.63) is 174 Å². The molecule has 0 saturated carbocycles. The van der Waals surface area contributed by atoms with Gasteiger partial charge in [-0.05, 0) is 60.7 Å². The molecule has 0 spiro atoms. The van der Waals surface area contributed by atoms with Gasteiger partial charge in [0, 0.05) is 4.90 Å². The van der Waals surface area contributed by atoms with Crippen molar-refractivity contribution in [3.8, 4) is 0 Å². The molecule has 3 N–H and O–H groups in total. The first-order chi connectivity index (χ1) is 29.7. The molecule has 2 fully saturated rings. The van der Waals surface area contributed by atoms with Gasteiger partial charge in [-0.1, -0.05) is 103 Å². The van der Waals surface area contributed by atoms with Gasteiger partial charge in [0.25, 0.3) is 0 Å². The highest BCUT2D eigenvalue weighted by molar-refractivity contribution is 7.99. The summed E-state index contributed by atoms with van der Waals surface area (Å²) >= 11 is 1.11. The lowest BCUT2D eigenvalue weighted by Crippen LogP contribution is -2.64. The Balaban J connectivity index is 1.25. The van der Waals surface area contributed by atoms with Gasteiger partial charge in [-0.3, -0.25) is 0 Å². The molecule has 5 aromatic rings.